The third-order valence-corrected chi connectivity index (χ3v) is 4.77. The van der Waals surface area contributed by atoms with Crippen molar-refractivity contribution in [1.82, 2.24) is 5.06 Å². The lowest BCUT2D eigenvalue weighted by molar-refractivity contribution is -0.344. The summed E-state index contributed by atoms with van der Waals surface area (Å²) in [6.45, 7) is 8.44. The number of halogens is 1. The van der Waals surface area contributed by atoms with E-state index in [9.17, 15) is 9.18 Å². The van der Waals surface area contributed by atoms with Crippen LogP contribution >= 0.6 is 0 Å². The van der Waals surface area contributed by atoms with Crippen molar-refractivity contribution in [2.24, 2.45) is 0 Å². The van der Waals surface area contributed by atoms with Crippen LogP contribution in [0.4, 0.5) is 9.18 Å². The summed E-state index contributed by atoms with van der Waals surface area (Å²) in [5.41, 5.74) is 0.258. The molecule has 1 aromatic carbocycles. The number of nitrogens with zero attached hydrogens (tertiary/aromatic N) is 1. The van der Waals surface area contributed by atoms with Gasteiger partial charge in [0.1, 0.15) is 5.82 Å². The summed E-state index contributed by atoms with van der Waals surface area (Å²) < 4.78 is 23.6. The van der Waals surface area contributed by atoms with Gasteiger partial charge < -0.3 is 9.47 Å². The van der Waals surface area contributed by atoms with Crippen molar-refractivity contribution in [1.29, 1.82) is 0 Å². The van der Waals surface area contributed by atoms with Gasteiger partial charge in [0.2, 0.25) is 0 Å². The molecule has 132 valence electrons. The maximum atomic E-state index is 13.1. The van der Waals surface area contributed by atoms with Gasteiger partial charge in [-0.2, -0.15) is 5.06 Å². The maximum absolute atomic E-state index is 13.1. The second-order valence-corrected chi connectivity index (χ2v) is 7.70. The van der Waals surface area contributed by atoms with Crippen molar-refractivity contribution in [3.8, 4) is 0 Å². The summed E-state index contributed by atoms with van der Waals surface area (Å²) in [4.78, 5) is 17.8. The first-order valence-electron chi connectivity index (χ1n) is 8.29. The van der Waals surface area contributed by atoms with Gasteiger partial charge in [0.25, 0.3) is 6.29 Å². The van der Waals surface area contributed by atoms with E-state index in [1.807, 2.05) is 5.06 Å². The van der Waals surface area contributed by atoms with E-state index in [1.165, 1.54) is 12.1 Å². The van der Waals surface area contributed by atoms with E-state index in [0.29, 0.717) is 5.56 Å². The van der Waals surface area contributed by atoms with Crippen molar-refractivity contribution in [3.05, 3.63) is 35.6 Å². The van der Waals surface area contributed by atoms with E-state index in [-0.39, 0.29) is 16.9 Å². The van der Waals surface area contributed by atoms with Gasteiger partial charge >= 0.3 is 6.16 Å². The SMILES string of the molecule is CC1(C)CCCC(C)(C)N1OC1OC(=O)OC1c1ccc(F)cc1. The largest absolute Gasteiger partial charge is 0.511 e. The van der Waals surface area contributed by atoms with Crippen LogP contribution in [0.25, 0.3) is 0 Å². The molecule has 0 aromatic heterocycles. The second kappa shape index (κ2) is 6.01. The van der Waals surface area contributed by atoms with Crippen LogP contribution in [0.5, 0.6) is 0 Å². The zero-order chi connectivity index (χ0) is 17.5. The molecule has 0 N–H and O–H groups in total. The topological polar surface area (TPSA) is 48.0 Å². The van der Waals surface area contributed by atoms with Crippen LogP contribution in [0.15, 0.2) is 24.3 Å². The molecule has 2 heterocycles. The minimum atomic E-state index is -0.889. The molecule has 5 nitrogen and oxygen atoms in total. The van der Waals surface area contributed by atoms with Crippen LogP contribution < -0.4 is 0 Å². The minimum Gasteiger partial charge on any atom is -0.419 e. The highest BCUT2D eigenvalue weighted by Gasteiger charge is 2.48. The van der Waals surface area contributed by atoms with Crippen LogP contribution in [0.1, 0.15) is 58.6 Å². The molecule has 0 saturated carbocycles. The zero-order valence-corrected chi connectivity index (χ0v) is 14.5. The smallest absolute Gasteiger partial charge is 0.419 e. The van der Waals surface area contributed by atoms with Crippen molar-refractivity contribution < 1.29 is 23.5 Å². The lowest BCUT2D eigenvalue weighted by atomic mass is 9.82. The average molecular weight is 337 g/mol. The Bertz CT molecular complexity index is 598. The van der Waals surface area contributed by atoms with Gasteiger partial charge in [-0.05, 0) is 64.7 Å². The highest BCUT2D eigenvalue weighted by Crippen LogP contribution is 2.41. The molecule has 2 aliphatic heterocycles. The molecule has 0 bridgehead atoms. The molecule has 2 atom stereocenters. The summed E-state index contributed by atoms with van der Waals surface area (Å²) in [7, 11) is 0. The van der Waals surface area contributed by atoms with Gasteiger partial charge in [-0.3, -0.25) is 0 Å². The van der Waals surface area contributed by atoms with Gasteiger partial charge in [-0.15, -0.1) is 0 Å². The van der Waals surface area contributed by atoms with Crippen molar-refractivity contribution in [2.75, 3.05) is 0 Å². The monoisotopic (exact) mass is 337 g/mol. The Balaban J connectivity index is 1.83. The lowest BCUT2D eigenvalue weighted by Crippen LogP contribution is -2.59. The molecule has 0 aliphatic carbocycles. The number of carbonyl (C=O) groups excluding carboxylic acids is 1. The number of rotatable bonds is 3. The van der Waals surface area contributed by atoms with Crippen molar-refractivity contribution >= 4 is 6.16 Å². The molecule has 2 unspecified atom stereocenters. The molecule has 0 amide bonds. The summed E-state index contributed by atoms with van der Waals surface area (Å²) in [6.07, 6.45) is 0.703. The number of hydroxylamine groups is 2. The fourth-order valence-corrected chi connectivity index (χ4v) is 3.66. The first-order valence-corrected chi connectivity index (χ1v) is 8.29. The highest BCUT2D eigenvalue weighted by atomic mass is 19.1. The number of benzene rings is 1. The maximum Gasteiger partial charge on any atom is 0.511 e. The van der Waals surface area contributed by atoms with Gasteiger partial charge in [0, 0.05) is 11.1 Å². The lowest BCUT2D eigenvalue weighted by Gasteiger charge is -2.51. The minimum absolute atomic E-state index is 0.190. The normalized spacial score (nSPS) is 29.1. The number of carbonyl (C=O) groups is 1. The molecule has 6 heteroatoms. The standard InChI is InChI=1S/C18H24FNO4/c1-17(2)10-5-11-18(3,4)20(17)24-15-14(22-16(21)23-15)12-6-8-13(19)9-7-12/h6-9,14-15H,5,10-11H2,1-4H3. The molecule has 1 aromatic rings. The number of cyclic esters (lactones) is 2. The number of hydrogen-bond donors (Lipinski definition) is 0. The quantitative estimate of drug-likeness (QED) is 0.768. The third kappa shape index (κ3) is 3.26. The molecule has 2 saturated heterocycles. The first kappa shape index (κ1) is 17.2. The average Bonchev–Trinajstić information content (AvgIpc) is 2.84. The molecular weight excluding hydrogens is 313 g/mol. The van der Waals surface area contributed by atoms with Crippen LogP contribution in [0.2, 0.25) is 0 Å². The van der Waals surface area contributed by atoms with Crippen molar-refractivity contribution in [3.63, 3.8) is 0 Å². The van der Waals surface area contributed by atoms with Crippen LogP contribution in [-0.4, -0.2) is 28.6 Å². The molecule has 24 heavy (non-hydrogen) atoms. The van der Waals surface area contributed by atoms with E-state index < -0.39 is 18.5 Å². The second-order valence-electron chi connectivity index (χ2n) is 7.70. The van der Waals surface area contributed by atoms with E-state index in [0.717, 1.165) is 19.3 Å². The Morgan fingerprint density at radius 3 is 2.25 bits per heavy atom. The summed E-state index contributed by atoms with van der Waals surface area (Å²) >= 11 is 0. The van der Waals surface area contributed by atoms with Gasteiger partial charge in [-0.1, -0.05) is 12.1 Å². The Morgan fingerprint density at radius 2 is 1.67 bits per heavy atom. The number of ether oxygens (including phenoxy) is 2. The third-order valence-electron chi connectivity index (χ3n) is 4.77. The fraction of sp³-hybridized carbons (Fsp3) is 0.611. The highest BCUT2D eigenvalue weighted by molar-refractivity contribution is 5.62. The summed E-state index contributed by atoms with van der Waals surface area (Å²) in [5.74, 6) is -0.347. The van der Waals surface area contributed by atoms with Gasteiger partial charge in [0.15, 0.2) is 6.10 Å². The van der Waals surface area contributed by atoms with Gasteiger partial charge in [-0.25, -0.2) is 14.0 Å². The molecule has 2 fully saturated rings. The Hall–Kier alpha value is -1.66. The van der Waals surface area contributed by atoms with E-state index >= 15 is 0 Å². The zero-order valence-electron chi connectivity index (χ0n) is 14.5. The van der Waals surface area contributed by atoms with Crippen molar-refractivity contribution in [2.45, 2.75) is 70.4 Å². The first-order chi connectivity index (χ1) is 11.2. The molecular formula is C18H24FNO4. The molecule has 2 aliphatic rings. The van der Waals surface area contributed by atoms with E-state index in [1.54, 1.807) is 12.1 Å². The van der Waals surface area contributed by atoms with Crippen LogP contribution in [-0.2, 0) is 14.3 Å². The Labute approximate surface area is 141 Å². The van der Waals surface area contributed by atoms with E-state index in [4.69, 9.17) is 14.3 Å². The molecule has 0 spiro atoms. The molecule has 0 radical (unpaired) electrons. The number of hydrogen-bond acceptors (Lipinski definition) is 5. The van der Waals surface area contributed by atoms with Gasteiger partial charge in [0.05, 0.1) is 0 Å². The predicted molar refractivity (Wildman–Crippen MR) is 85.4 cm³/mol. The van der Waals surface area contributed by atoms with Crippen LogP contribution in [0, 0.1) is 5.82 Å². The Morgan fingerprint density at radius 1 is 1.08 bits per heavy atom. The van der Waals surface area contributed by atoms with Crippen LogP contribution in [0.3, 0.4) is 0 Å². The molecule has 3 rings (SSSR count). The summed E-state index contributed by atoms with van der Waals surface area (Å²) in [5, 5.41) is 1.92. The summed E-state index contributed by atoms with van der Waals surface area (Å²) in [6, 6.07) is 5.80. The fourth-order valence-electron chi connectivity index (χ4n) is 3.66. The van der Waals surface area contributed by atoms with E-state index in [2.05, 4.69) is 27.7 Å². The predicted octanol–water partition coefficient (Wildman–Crippen LogP) is 4.33. The number of piperidine rings is 1. The Kier molecular flexibility index (Phi) is 4.30.